The van der Waals surface area contributed by atoms with Gasteiger partial charge in [0, 0.05) is 5.92 Å². The summed E-state index contributed by atoms with van der Waals surface area (Å²) in [6.45, 7) is 1.23. The predicted octanol–water partition coefficient (Wildman–Crippen LogP) is -1.43. The minimum atomic E-state index is -2.55. The fourth-order valence-electron chi connectivity index (χ4n) is 0.825. The number of ether oxygens (including phenoxy) is 1. The first-order valence-corrected chi connectivity index (χ1v) is 3.65. The lowest BCUT2D eigenvalue weighted by Crippen LogP contribution is -2.54. The van der Waals surface area contributed by atoms with Gasteiger partial charge in [-0.05, 0) is 6.54 Å². The maximum Gasteiger partial charge on any atom is 0.350 e. The van der Waals surface area contributed by atoms with Gasteiger partial charge in [-0.3, -0.25) is 0 Å². The maximum absolute atomic E-state index is 11.0. The Bertz CT molecular complexity index is 217. The molecule has 0 rings (SSSR count). The number of carbonyl (C=O) groups excluding carboxylic acids is 1. The number of hydrogen-bond acceptors (Lipinski definition) is 5. The molecule has 0 aromatic carbocycles. The van der Waals surface area contributed by atoms with Gasteiger partial charge in [-0.2, -0.15) is 0 Å². The molecule has 0 aliphatic heterocycles. The van der Waals surface area contributed by atoms with Gasteiger partial charge in [0.15, 0.2) is 0 Å². The van der Waals surface area contributed by atoms with Crippen LogP contribution in [0.15, 0.2) is 0 Å². The molecule has 6 nitrogen and oxygen atoms in total. The molecule has 2 unspecified atom stereocenters. The minimum Gasteiger partial charge on any atom is -0.479 e. The number of aliphatic carboxylic acids is 1. The second-order valence-corrected chi connectivity index (χ2v) is 2.70. The van der Waals surface area contributed by atoms with Crippen molar-refractivity contribution < 1.29 is 24.5 Å². The SMILES string of the molecule is COC(=O)C(O)(C(=O)O)C(C)CN. The van der Waals surface area contributed by atoms with Crippen molar-refractivity contribution in [2.75, 3.05) is 13.7 Å². The molecule has 6 heteroatoms. The number of rotatable bonds is 4. The van der Waals surface area contributed by atoms with Crippen LogP contribution in [0.1, 0.15) is 6.92 Å². The second kappa shape index (κ2) is 4.20. The number of esters is 1. The Labute approximate surface area is 75.3 Å². The normalized spacial score (nSPS) is 17.2. The van der Waals surface area contributed by atoms with Crippen molar-refractivity contribution in [3.05, 3.63) is 0 Å². The van der Waals surface area contributed by atoms with Crippen LogP contribution in [0.3, 0.4) is 0 Å². The standard InChI is InChI=1S/C7H13NO5/c1-4(3-8)7(12,5(9)10)6(11)13-2/h4,12H,3,8H2,1-2H3,(H,9,10). The molecule has 0 spiro atoms. The highest BCUT2D eigenvalue weighted by molar-refractivity contribution is 6.02. The van der Waals surface area contributed by atoms with Crippen molar-refractivity contribution in [3.63, 3.8) is 0 Å². The molecule has 0 aromatic rings. The topological polar surface area (TPSA) is 110 Å². The molecule has 2 atom stereocenters. The zero-order chi connectivity index (χ0) is 10.6. The van der Waals surface area contributed by atoms with E-state index in [1.54, 1.807) is 0 Å². The van der Waals surface area contributed by atoms with E-state index in [4.69, 9.17) is 10.8 Å². The van der Waals surface area contributed by atoms with Gasteiger partial charge in [-0.1, -0.05) is 6.92 Å². The summed E-state index contributed by atoms with van der Waals surface area (Å²) in [5.74, 6) is -3.77. The lowest BCUT2D eigenvalue weighted by molar-refractivity contribution is -0.183. The summed E-state index contributed by atoms with van der Waals surface area (Å²) in [7, 11) is 0.999. The quantitative estimate of drug-likeness (QED) is 0.371. The van der Waals surface area contributed by atoms with Gasteiger partial charge in [0.05, 0.1) is 7.11 Å². The molecule has 0 bridgehead atoms. The number of carbonyl (C=O) groups is 2. The van der Waals surface area contributed by atoms with Crippen LogP contribution in [0.2, 0.25) is 0 Å². The van der Waals surface area contributed by atoms with Crippen molar-refractivity contribution in [2.24, 2.45) is 11.7 Å². The number of nitrogens with two attached hydrogens (primary N) is 1. The van der Waals surface area contributed by atoms with E-state index in [0.717, 1.165) is 7.11 Å². The van der Waals surface area contributed by atoms with Crippen LogP contribution < -0.4 is 5.73 Å². The molecule has 0 amide bonds. The van der Waals surface area contributed by atoms with E-state index in [2.05, 4.69) is 4.74 Å². The molecule has 0 aliphatic carbocycles. The number of methoxy groups -OCH3 is 1. The van der Waals surface area contributed by atoms with Crippen molar-refractivity contribution in [1.82, 2.24) is 0 Å². The van der Waals surface area contributed by atoms with Gasteiger partial charge in [0.2, 0.25) is 0 Å². The summed E-state index contributed by atoms with van der Waals surface area (Å²) in [5, 5.41) is 18.1. The number of carboxylic acid groups (broad SMARTS) is 1. The molecule has 0 aromatic heterocycles. The Morgan fingerprint density at radius 2 is 2.08 bits per heavy atom. The van der Waals surface area contributed by atoms with Crippen LogP contribution in [0.4, 0.5) is 0 Å². The molecule has 0 fully saturated rings. The van der Waals surface area contributed by atoms with Crippen LogP contribution in [0, 0.1) is 5.92 Å². The Balaban J connectivity index is 4.94. The van der Waals surface area contributed by atoms with Crippen molar-refractivity contribution in [1.29, 1.82) is 0 Å². The van der Waals surface area contributed by atoms with Crippen LogP contribution in [0.5, 0.6) is 0 Å². The van der Waals surface area contributed by atoms with E-state index in [1.165, 1.54) is 6.92 Å². The van der Waals surface area contributed by atoms with Gasteiger partial charge < -0.3 is 20.7 Å². The Morgan fingerprint density at radius 3 is 2.31 bits per heavy atom. The fraction of sp³-hybridized carbons (Fsp3) is 0.714. The maximum atomic E-state index is 11.0. The third kappa shape index (κ3) is 1.96. The molecule has 4 N–H and O–H groups in total. The predicted molar refractivity (Wildman–Crippen MR) is 42.8 cm³/mol. The van der Waals surface area contributed by atoms with Crippen LogP contribution in [-0.4, -0.2) is 41.4 Å². The molecule has 0 heterocycles. The smallest absolute Gasteiger partial charge is 0.350 e. The van der Waals surface area contributed by atoms with Crippen molar-refractivity contribution >= 4 is 11.9 Å². The van der Waals surface area contributed by atoms with Crippen LogP contribution >= 0.6 is 0 Å². The lowest BCUT2D eigenvalue weighted by Gasteiger charge is -2.25. The van der Waals surface area contributed by atoms with E-state index in [-0.39, 0.29) is 6.54 Å². The minimum absolute atomic E-state index is 0.127. The molecule has 76 valence electrons. The van der Waals surface area contributed by atoms with Crippen molar-refractivity contribution in [2.45, 2.75) is 12.5 Å². The first kappa shape index (κ1) is 11.9. The molecule has 0 radical (unpaired) electrons. The van der Waals surface area contributed by atoms with Gasteiger partial charge in [0.1, 0.15) is 0 Å². The number of carboxylic acids is 1. The van der Waals surface area contributed by atoms with E-state index < -0.39 is 23.5 Å². The first-order valence-electron chi connectivity index (χ1n) is 3.65. The van der Waals surface area contributed by atoms with E-state index in [9.17, 15) is 14.7 Å². The highest BCUT2D eigenvalue weighted by Crippen LogP contribution is 2.18. The molecule has 0 saturated carbocycles. The molecular weight excluding hydrogens is 178 g/mol. The molecule has 0 saturated heterocycles. The molecule has 0 aliphatic rings. The zero-order valence-electron chi connectivity index (χ0n) is 7.48. The summed E-state index contributed by atoms with van der Waals surface area (Å²) < 4.78 is 4.17. The van der Waals surface area contributed by atoms with Crippen LogP contribution in [-0.2, 0) is 14.3 Å². The third-order valence-electron chi connectivity index (χ3n) is 1.89. The monoisotopic (exact) mass is 191 g/mol. The van der Waals surface area contributed by atoms with Gasteiger partial charge in [0.25, 0.3) is 5.60 Å². The average Bonchev–Trinajstić information content (AvgIpc) is 2.13. The van der Waals surface area contributed by atoms with Gasteiger partial charge in [-0.25, -0.2) is 9.59 Å². The van der Waals surface area contributed by atoms with Crippen LogP contribution in [0.25, 0.3) is 0 Å². The van der Waals surface area contributed by atoms with E-state index >= 15 is 0 Å². The van der Waals surface area contributed by atoms with E-state index in [1.807, 2.05) is 0 Å². The molecule has 13 heavy (non-hydrogen) atoms. The summed E-state index contributed by atoms with van der Waals surface area (Å²) in [6, 6.07) is 0. The fourth-order valence-corrected chi connectivity index (χ4v) is 0.825. The lowest BCUT2D eigenvalue weighted by atomic mass is 9.89. The highest BCUT2D eigenvalue weighted by atomic mass is 16.5. The average molecular weight is 191 g/mol. The van der Waals surface area contributed by atoms with E-state index in [0.29, 0.717) is 0 Å². The Morgan fingerprint density at radius 1 is 1.62 bits per heavy atom. The van der Waals surface area contributed by atoms with Crippen molar-refractivity contribution in [3.8, 4) is 0 Å². The summed E-state index contributed by atoms with van der Waals surface area (Å²) in [6.07, 6.45) is 0. The Kier molecular flexibility index (Phi) is 3.83. The zero-order valence-corrected chi connectivity index (χ0v) is 7.48. The number of hydrogen-bond donors (Lipinski definition) is 3. The van der Waals surface area contributed by atoms with Gasteiger partial charge in [-0.15, -0.1) is 0 Å². The Hall–Kier alpha value is -1.14. The second-order valence-electron chi connectivity index (χ2n) is 2.70. The summed E-state index contributed by atoms with van der Waals surface area (Å²) >= 11 is 0. The summed E-state index contributed by atoms with van der Waals surface area (Å²) in [5.41, 5.74) is 2.61. The summed E-state index contributed by atoms with van der Waals surface area (Å²) in [4.78, 5) is 21.6. The number of aliphatic hydroxyl groups is 1. The molecular formula is C7H13NO5. The largest absolute Gasteiger partial charge is 0.479 e. The highest BCUT2D eigenvalue weighted by Gasteiger charge is 2.50. The van der Waals surface area contributed by atoms with Gasteiger partial charge >= 0.3 is 11.9 Å². The first-order chi connectivity index (χ1) is 5.91. The third-order valence-corrected chi connectivity index (χ3v) is 1.89.